The Balaban J connectivity index is 0.00000162. The average molecular weight is 274 g/mol. The second kappa shape index (κ2) is 5.59. The topological polar surface area (TPSA) is 66.4 Å². The minimum absolute atomic E-state index is 0. The molecular weight excluding hydrogens is 263 g/mol. The molecule has 0 aliphatic heterocycles. The molecule has 0 fully saturated rings. The van der Waals surface area contributed by atoms with Crippen molar-refractivity contribution < 1.29 is 47.3 Å². The van der Waals surface area contributed by atoms with E-state index in [1.54, 1.807) is 25.3 Å². The number of rotatable bonds is 2. The van der Waals surface area contributed by atoms with Crippen molar-refractivity contribution in [2.45, 2.75) is 11.8 Å². The number of ether oxygens (including phenoxy) is 1. The van der Waals surface area contributed by atoms with Gasteiger partial charge >= 0.3 is 29.6 Å². The number of benzene rings is 2. The van der Waals surface area contributed by atoms with Crippen LogP contribution in [0.5, 0.6) is 5.75 Å². The van der Waals surface area contributed by atoms with Crippen molar-refractivity contribution >= 4 is 20.9 Å². The third-order valence-corrected chi connectivity index (χ3v) is 3.55. The van der Waals surface area contributed by atoms with E-state index in [1.165, 1.54) is 12.1 Å². The van der Waals surface area contributed by atoms with E-state index in [2.05, 4.69) is 0 Å². The van der Waals surface area contributed by atoms with Gasteiger partial charge in [0, 0.05) is 0 Å². The van der Waals surface area contributed by atoms with Crippen molar-refractivity contribution in [3.8, 4) is 5.75 Å². The van der Waals surface area contributed by atoms with Gasteiger partial charge in [0.15, 0.2) is 0 Å². The number of aryl methyl sites for hydroxylation is 1. The van der Waals surface area contributed by atoms with Gasteiger partial charge < -0.3 is 9.29 Å². The van der Waals surface area contributed by atoms with E-state index >= 15 is 0 Å². The third kappa shape index (κ3) is 2.87. The van der Waals surface area contributed by atoms with Gasteiger partial charge in [0.25, 0.3) is 0 Å². The SMILES string of the molecule is COc1ccc2cc(S(=O)(=O)[O-])ccc2c1C.[Na+]. The Morgan fingerprint density at radius 2 is 1.83 bits per heavy atom. The first-order valence-corrected chi connectivity index (χ1v) is 6.37. The molecule has 4 nitrogen and oxygen atoms in total. The summed E-state index contributed by atoms with van der Waals surface area (Å²) in [4.78, 5) is -0.213. The van der Waals surface area contributed by atoms with Crippen LogP contribution in [0.4, 0.5) is 0 Å². The van der Waals surface area contributed by atoms with E-state index in [4.69, 9.17) is 4.74 Å². The summed E-state index contributed by atoms with van der Waals surface area (Å²) >= 11 is 0. The van der Waals surface area contributed by atoms with Gasteiger partial charge in [-0.3, -0.25) is 0 Å². The van der Waals surface area contributed by atoms with Crippen LogP contribution in [0, 0.1) is 6.92 Å². The quantitative estimate of drug-likeness (QED) is 0.524. The maximum atomic E-state index is 10.9. The summed E-state index contributed by atoms with van der Waals surface area (Å²) in [6.07, 6.45) is 0. The molecule has 0 aromatic heterocycles. The van der Waals surface area contributed by atoms with Crippen LogP contribution >= 0.6 is 0 Å². The van der Waals surface area contributed by atoms with Crippen LogP contribution in [-0.4, -0.2) is 20.1 Å². The Bertz CT molecular complexity index is 680. The molecule has 0 aliphatic carbocycles. The standard InChI is InChI=1S/C12H12O4S.Na/c1-8-11-5-4-10(17(13,14)15)7-9(11)3-6-12(8)16-2;/h3-7H,1-2H3,(H,13,14,15);/q;+1/p-1. The van der Waals surface area contributed by atoms with Crippen LogP contribution in [0.2, 0.25) is 0 Å². The predicted octanol–water partition coefficient (Wildman–Crippen LogP) is -0.935. The summed E-state index contributed by atoms with van der Waals surface area (Å²) in [5, 5.41) is 1.58. The Morgan fingerprint density at radius 1 is 1.17 bits per heavy atom. The molecule has 0 aliphatic rings. The van der Waals surface area contributed by atoms with E-state index in [-0.39, 0.29) is 34.5 Å². The molecule has 0 N–H and O–H groups in total. The van der Waals surface area contributed by atoms with Gasteiger partial charge in [0.05, 0.1) is 12.0 Å². The zero-order valence-electron chi connectivity index (χ0n) is 10.4. The number of methoxy groups -OCH3 is 1. The van der Waals surface area contributed by atoms with Gasteiger partial charge in [0.1, 0.15) is 15.9 Å². The van der Waals surface area contributed by atoms with E-state index in [0.717, 1.165) is 16.7 Å². The van der Waals surface area contributed by atoms with Crippen molar-refractivity contribution in [1.29, 1.82) is 0 Å². The first kappa shape index (κ1) is 15.5. The number of hydrogen-bond acceptors (Lipinski definition) is 4. The zero-order chi connectivity index (χ0) is 12.6. The molecule has 0 amide bonds. The van der Waals surface area contributed by atoms with Gasteiger partial charge in [-0.2, -0.15) is 0 Å². The van der Waals surface area contributed by atoms with Gasteiger partial charge in [-0.05, 0) is 41.5 Å². The summed E-state index contributed by atoms with van der Waals surface area (Å²) in [6, 6.07) is 7.80. The predicted molar refractivity (Wildman–Crippen MR) is 63.2 cm³/mol. The van der Waals surface area contributed by atoms with E-state index in [1.807, 2.05) is 6.92 Å². The molecule has 0 heterocycles. The van der Waals surface area contributed by atoms with Crippen molar-refractivity contribution in [2.75, 3.05) is 7.11 Å². The fourth-order valence-corrected chi connectivity index (χ4v) is 2.33. The van der Waals surface area contributed by atoms with Crippen molar-refractivity contribution in [3.05, 3.63) is 35.9 Å². The van der Waals surface area contributed by atoms with E-state index in [9.17, 15) is 13.0 Å². The molecule has 0 radical (unpaired) electrons. The van der Waals surface area contributed by atoms with Crippen LogP contribution in [0.1, 0.15) is 5.56 Å². The summed E-state index contributed by atoms with van der Waals surface area (Å²) in [5.74, 6) is 0.732. The van der Waals surface area contributed by atoms with Crippen LogP contribution < -0.4 is 34.3 Å². The normalized spacial score (nSPS) is 11.1. The molecule has 0 unspecified atom stereocenters. The first-order chi connectivity index (χ1) is 7.93. The molecule has 2 rings (SSSR count). The Hall–Kier alpha value is -0.590. The molecule has 2 aromatic rings. The molecule has 6 heteroatoms. The van der Waals surface area contributed by atoms with E-state index < -0.39 is 10.1 Å². The first-order valence-electron chi connectivity index (χ1n) is 4.97. The van der Waals surface area contributed by atoms with Crippen molar-refractivity contribution in [2.24, 2.45) is 0 Å². The molecular formula is C12H11NaO4S. The molecule has 2 aromatic carbocycles. The zero-order valence-corrected chi connectivity index (χ0v) is 13.2. The molecule has 0 saturated heterocycles. The molecule has 0 spiro atoms. The maximum Gasteiger partial charge on any atom is 1.00 e. The third-order valence-electron chi connectivity index (χ3n) is 2.72. The van der Waals surface area contributed by atoms with E-state index in [0.29, 0.717) is 5.39 Å². The second-order valence-corrected chi connectivity index (χ2v) is 5.11. The summed E-state index contributed by atoms with van der Waals surface area (Å²) < 4.78 is 37.9. The van der Waals surface area contributed by atoms with Gasteiger partial charge in [0.2, 0.25) is 0 Å². The van der Waals surface area contributed by atoms with Crippen LogP contribution in [0.15, 0.2) is 35.2 Å². The summed E-state index contributed by atoms with van der Waals surface area (Å²) in [6.45, 7) is 1.88. The molecule has 90 valence electrons. The largest absolute Gasteiger partial charge is 1.00 e. The van der Waals surface area contributed by atoms with Crippen molar-refractivity contribution in [3.63, 3.8) is 0 Å². The van der Waals surface area contributed by atoms with Crippen LogP contribution in [-0.2, 0) is 10.1 Å². The smallest absolute Gasteiger partial charge is 0.744 e. The number of fused-ring (bicyclic) bond motifs is 1. The fourth-order valence-electron chi connectivity index (χ4n) is 1.82. The number of hydrogen-bond donors (Lipinski definition) is 0. The minimum atomic E-state index is -4.40. The molecule has 0 bridgehead atoms. The van der Waals surface area contributed by atoms with Gasteiger partial charge in [-0.1, -0.05) is 12.1 Å². The van der Waals surface area contributed by atoms with Crippen LogP contribution in [0.25, 0.3) is 10.8 Å². The maximum absolute atomic E-state index is 10.9. The van der Waals surface area contributed by atoms with Gasteiger partial charge in [-0.15, -0.1) is 0 Å². The Labute approximate surface area is 128 Å². The van der Waals surface area contributed by atoms with Crippen LogP contribution in [0.3, 0.4) is 0 Å². The average Bonchev–Trinajstić information content (AvgIpc) is 2.28. The summed E-state index contributed by atoms with van der Waals surface area (Å²) in [7, 11) is -2.83. The van der Waals surface area contributed by atoms with Crippen molar-refractivity contribution in [1.82, 2.24) is 0 Å². The summed E-state index contributed by atoms with van der Waals surface area (Å²) in [5.41, 5.74) is 0.917. The molecule has 0 atom stereocenters. The Kier molecular flexibility index (Phi) is 4.80. The monoisotopic (exact) mass is 274 g/mol. The minimum Gasteiger partial charge on any atom is -0.744 e. The fraction of sp³-hybridized carbons (Fsp3) is 0.167. The molecule has 18 heavy (non-hydrogen) atoms. The second-order valence-electron chi connectivity index (χ2n) is 3.73. The molecule has 0 saturated carbocycles. The van der Waals surface area contributed by atoms with Gasteiger partial charge in [-0.25, -0.2) is 8.42 Å². The Morgan fingerprint density at radius 3 is 2.39 bits per heavy atom.